The van der Waals surface area contributed by atoms with Crippen LogP contribution in [0.3, 0.4) is 0 Å². The molecular formula is C15H23NO4. The van der Waals surface area contributed by atoms with Gasteiger partial charge in [-0.25, -0.2) is 0 Å². The van der Waals surface area contributed by atoms with Crippen LogP contribution in [0.2, 0.25) is 0 Å². The van der Waals surface area contributed by atoms with E-state index in [1.165, 1.54) is 0 Å². The van der Waals surface area contributed by atoms with Gasteiger partial charge in [0.2, 0.25) is 5.75 Å². The Labute approximate surface area is 120 Å². The Morgan fingerprint density at radius 1 is 0.900 bits per heavy atom. The second kappa shape index (κ2) is 6.70. The van der Waals surface area contributed by atoms with Crippen LogP contribution in [0, 0.1) is 0 Å². The zero-order valence-corrected chi connectivity index (χ0v) is 12.3. The predicted molar refractivity (Wildman–Crippen MR) is 77.0 cm³/mol. The fraction of sp³-hybridized carbons (Fsp3) is 0.600. The van der Waals surface area contributed by atoms with Crippen molar-refractivity contribution >= 4 is 0 Å². The van der Waals surface area contributed by atoms with Crippen LogP contribution < -0.4 is 24.7 Å². The molecule has 2 rings (SSSR count). The monoisotopic (exact) mass is 281 g/mol. The van der Waals surface area contributed by atoms with Crippen molar-refractivity contribution in [2.75, 3.05) is 21.3 Å². The van der Waals surface area contributed by atoms with E-state index in [4.69, 9.17) is 24.7 Å². The van der Waals surface area contributed by atoms with Crippen molar-refractivity contribution in [3.63, 3.8) is 0 Å². The van der Waals surface area contributed by atoms with Gasteiger partial charge in [-0.2, -0.15) is 0 Å². The van der Waals surface area contributed by atoms with Gasteiger partial charge in [0, 0.05) is 18.2 Å². The maximum Gasteiger partial charge on any atom is 0.203 e. The van der Waals surface area contributed by atoms with E-state index < -0.39 is 0 Å². The number of nitrogens with two attached hydrogens (primary N) is 1. The molecule has 0 aromatic heterocycles. The van der Waals surface area contributed by atoms with E-state index in [2.05, 4.69) is 0 Å². The number of hydrogen-bond acceptors (Lipinski definition) is 5. The van der Waals surface area contributed by atoms with Crippen LogP contribution in [0.1, 0.15) is 25.7 Å². The van der Waals surface area contributed by atoms with Crippen molar-refractivity contribution in [1.29, 1.82) is 0 Å². The molecule has 1 aliphatic carbocycles. The van der Waals surface area contributed by atoms with Gasteiger partial charge in [0.1, 0.15) is 5.75 Å². The highest BCUT2D eigenvalue weighted by Crippen LogP contribution is 2.41. The number of rotatable bonds is 5. The van der Waals surface area contributed by atoms with Crippen LogP contribution in [0.5, 0.6) is 23.0 Å². The van der Waals surface area contributed by atoms with Gasteiger partial charge >= 0.3 is 0 Å². The third-order valence-electron chi connectivity index (χ3n) is 3.66. The number of benzene rings is 1. The van der Waals surface area contributed by atoms with E-state index in [-0.39, 0.29) is 6.10 Å². The summed E-state index contributed by atoms with van der Waals surface area (Å²) < 4.78 is 22.0. The van der Waals surface area contributed by atoms with Crippen molar-refractivity contribution in [3.8, 4) is 23.0 Å². The molecule has 0 radical (unpaired) electrons. The van der Waals surface area contributed by atoms with Gasteiger partial charge in [0.25, 0.3) is 0 Å². The lowest BCUT2D eigenvalue weighted by Crippen LogP contribution is -2.31. The molecule has 0 spiro atoms. The second-order valence-corrected chi connectivity index (χ2v) is 5.02. The van der Waals surface area contributed by atoms with Gasteiger partial charge in [0.05, 0.1) is 27.4 Å². The standard InChI is InChI=1S/C15H23NO4/c1-17-13-8-12(9-14(18-2)15(13)19-3)20-11-6-4-10(16)5-7-11/h8-11H,4-7,16H2,1-3H3. The lowest BCUT2D eigenvalue weighted by atomic mass is 9.94. The highest BCUT2D eigenvalue weighted by atomic mass is 16.5. The molecule has 0 bridgehead atoms. The van der Waals surface area contributed by atoms with Gasteiger partial charge in [-0.1, -0.05) is 0 Å². The lowest BCUT2D eigenvalue weighted by Gasteiger charge is -2.27. The molecule has 0 atom stereocenters. The molecule has 1 aromatic rings. The first-order valence-corrected chi connectivity index (χ1v) is 6.90. The predicted octanol–water partition coefficient (Wildman–Crippen LogP) is 2.36. The fourth-order valence-electron chi connectivity index (χ4n) is 2.52. The summed E-state index contributed by atoms with van der Waals surface area (Å²) in [5.74, 6) is 2.52. The smallest absolute Gasteiger partial charge is 0.203 e. The summed E-state index contributed by atoms with van der Waals surface area (Å²) in [6.07, 6.45) is 4.19. The molecule has 1 aliphatic rings. The van der Waals surface area contributed by atoms with Crippen molar-refractivity contribution in [1.82, 2.24) is 0 Å². The zero-order chi connectivity index (χ0) is 14.5. The first kappa shape index (κ1) is 14.8. The molecule has 0 unspecified atom stereocenters. The van der Waals surface area contributed by atoms with E-state index in [1.54, 1.807) is 21.3 Å². The highest BCUT2D eigenvalue weighted by Gasteiger charge is 2.21. The summed E-state index contributed by atoms with van der Waals surface area (Å²) in [5.41, 5.74) is 5.91. The third-order valence-corrected chi connectivity index (χ3v) is 3.66. The molecule has 1 saturated carbocycles. The first-order chi connectivity index (χ1) is 9.67. The van der Waals surface area contributed by atoms with Crippen LogP contribution in [-0.4, -0.2) is 33.5 Å². The maximum absolute atomic E-state index is 6.02. The molecule has 5 nitrogen and oxygen atoms in total. The van der Waals surface area contributed by atoms with Crippen molar-refractivity contribution in [2.24, 2.45) is 5.73 Å². The van der Waals surface area contributed by atoms with Crippen molar-refractivity contribution in [3.05, 3.63) is 12.1 Å². The van der Waals surface area contributed by atoms with Crippen LogP contribution in [0.4, 0.5) is 0 Å². The molecule has 1 aromatic carbocycles. The Kier molecular flexibility index (Phi) is 4.95. The van der Waals surface area contributed by atoms with E-state index in [0.29, 0.717) is 23.3 Å². The summed E-state index contributed by atoms with van der Waals surface area (Å²) >= 11 is 0. The Morgan fingerprint density at radius 3 is 1.90 bits per heavy atom. The Bertz CT molecular complexity index is 416. The van der Waals surface area contributed by atoms with Crippen LogP contribution in [0.25, 0.3) is 0 Å². The summed E-state index contributed by atoms with van der Waals surface area (Å²) in [5, 5.41) is 0. The Hall–Kier alpha value is -1.62. The zero-order valence-electron chi connectivity index (χ0n) is 12.3. The van der Waals surface area contributed by atoms with Crippen LogP contribution in [-0.2, 0) is 0 Å². The van der Waals surface area contributed by atoms with E-state index in [9.17, 15) is 0 Å². The molecule has 112 valence electrons. The normalized spacial score (nSPS) is 22.2. The summed E-state index contributed by atoms with van der Waals surface area (Å²) in [4.78, 5) is 0. The summed E-state index contributed by atoms with van der Waals surface area (Å²) in [6, 6.07) is 3.97. The fourth-order valence-corrected chi connectivity index (χ4v) is 2.52. The average Bonchev–Trinajstić information content (AvgIpc) is 2.48. The van der Waals surface area contributed by atoms with Crippen molar-refractivity contribution < 1.29 is 18.9 Å². The highest BCUT2D eigenvalue weighted by molar-refractivity contribution is 5.55. The van der Waals surface area contributed by atoms with Gasteiger partial charge in [0.15, 0.2) is 11.5 Å². The molecule has 5 heteroatoms. The van der Waals surface area contributed by atoms with Gasteiger partial charge in [-0.05, 0) is 25.7 Å². The lowest BCUT2D eigenvalue weighted by molar-refractivity contribution is 0.146. The maximum atomic E-state index is 6.02. The summed E-state index contributed by atoms with van der Waals surface area (Å²) in [6.45, 7) is 0. The topological polar surface area (TPSA) is 62.9 Å². The third kappa shape index (κ3) is 3.28. The van der Waals surface area contributed by atoms with Crippen LogP contribution >= 0.6 is 0 Å². The molecule has 0 saturated heterocycles. The number of methoxy groups -OCH3 is 3. The van der Waals surface area contributed by atoms with Gasteiger partial charge in [-0.3, -0.25) is 0 Å². The van der Waals surface area contributed by atoms with Crippen molar-refractivity contribution in [2.45, 2.75) is 37.8 Å². The van der Waals surface area contributed by atoms with Crippen LogP contribution in [0.15, 0.2) is 12.1 Å². The quantitative estimate of drug-likeness (QED) is 0.897. The minimum atomic E-state index is 0.206. The number of hydrogen-bond donors (Lipinski definition) is 1. The Morgan fingerprint density at radius 2 is 1.45 bits per heavy atom. The van der Waals surface area contributed by atoms with E-state index in [0.717, 1.165) is 31.4 Å². The average molecular weight is 281 g/mol. The van der Waals surface area contributed by atoms with E-state index in [1.807, 2.05) is 12.1 Å². The molecule has 0 aliphatic heterocycles. The SMILES string of the molecule is COc1cc(OC2CCC(N)CC2)cc(OC)c1OC. The first-order valence-electron chi connectivity index (χ1n) is 6.90. The summed E-state index contributed by atoms with van der Waals surface area (Å²) in [7, 11) is 4.78. The second-order valence-electron chi connectivity index (χ2n) is 5.02. The molecule has 1 fully saturated rings. The minimum Gasteiger partial charge on any atom is -0.493 e. The van der Waals surface area contributed by atoms with E-state index >= 15 is 0 Å². The Balaban J connectivity index is 2.15. The molecule has 0 heterocycles. The molecule has 2 N–H and O–H groups in total. The minimum absolute atomic E-state index is 0.206. The number of ether oxygens (including phenoxy) is 4. The molecule has 0 amide bonds. The van der Waals surface area contributed by atoms with Gasteiger partial charge < -0.3 is 24.7 Å². The van der Waals surface area contributed by atoms with Gasteiger partial charge in [-0.15, -0.1) is 0 Å². The largest absolute Gasteiger partial charge is 0.493 e. The molecular weight excluding hydrogens is 258 g/mol. The molecule has 20 heavy (non-hydrogen) atoms.